The van der Waals surface area contributed by atoms with Crippen molar-refractivity contribution in [3.05, 3.63) is 59.3 Å². The highest BCUT2D eigenvalue weighted by atomic mass is 16.5. The van der Waals surface area contributed by atoms with Gasteiger partial charge in [0, 0.05) is 49.3 Å². The third-order valence-corrected chi connectivity index (χ3v) is 4.44. The van der Waals surface area contributed by atoms with Crippen LogP contribution in [0.4, 0.5) is 0 Å². The lowest BCUT2D eigenvalue weighted by Crippen LogP contribution is -2.41. The summed E-state index contributed by atoms with van der Waals surface area (Å²) in [5.41, 5.74) is 2.34. The van der Waals surface area contributed by atoms with Crippen molar-refractivity contribution >= 4 is 11.7 Å². The number of hydrogen-bond acceptors (Lipinski definition) is 4. The van der Waals surface area contributed by atoms with Gasteiger partial charge in [0.1, 0.15) is 6.10 Å². The standard InChI is InChI=1S/C20H22N2O3/c1-14-3-8-19(21-13-14)25-18-9-11-22(12-10-18)20(24)17-6-4-16(5-7-17)15(2)23/h3-8,13,18H,9-12H2,1-2H3. The van der Waals surface area contributed by atoms with Gasteiger partial charge >= 0.3 is 0 Å². The van der Waals surface area contributed by atoms with E-state index < -0.39 is 0 Å². The Morgan fingerprint density at radius 3 is 2.24 bits per heavy atom. The maximum absolute atomic E-state index is 12.6. The van der Waals surface area contributed by atoms with Gasteiger partial charge in [0.25, 0.3) is 5.91 Å². The van der Waals surface area contributed by atoms with Crippen molar-refractivity contribution in [3.63, 3.8) is 0 Å². The van der Waals surface area contributed by atoms with Crippen molar-refractivity contribution < 1.29 is 14.3 Å². The molecule has 1 saturated heterocycles. The van der Waals surface area contributed by atoms with E-state index in [0.29, 0.717) is 30.1 Å². The predicted octanol–water partition coefficient (Wildman–Crippen LogP) is 3.28. The van der Waals surface area contributed by atoms with Crippen molar-refractivity contribution in [2.75, 3.05) is 13.1 Å². The lowest BCUT2D eigenvalue weighted by atomic mass is 10.0. The number of ether oxygens (including phenoxy) is 1. The zero-order valence-electron chi connectivity index (χ0n) is 14.6. The monoisotopic (exact) mass is 338 g/mol. The third kappa shape index (κ3) is 4.24. The fraction of sp³-hybridized carbons (Fsp3) is 0.350. The number of likely N-dealkylation sites (tertiary alicyclic amines) is 1. The van der Waals surface area contributed by atoms with E-state index in [9.17, 15) is 9.59 Å². The second kappa shape index (κ2) is 7.47. The van der Waals surface area contributed by atoms with Crippen LogP contribution in [-0.2, 0) is 0 Å². The van der Waals surface area contributed by atoms with Gasteiger partial charge < -0.3 is 9.64 Å². The van der Waals surface area contributed by atoms with E-state index in [4.69, 9.17) is 4.74 Å². The van der Waals surface area contributed by atoms with Gasteiger partial charge in [-0.1, -0.05) is 18.2 Å². The van der Waals surface area contributed by atoms with Gasteiger partial charge in [-0.3, -0.25) is 9.59 Å². The van der Waals surface area contributed by atoms with Crippen LogP contribution < -0.4 is 4.74 Å². The number of Topliss-reactive ketones (excluding diaryl/α,β-unsaturated/α-hetero) is 1. The predicted molar refractivity (Wildman–Crippen MR) is 95.0 cm³/mol. The number of aryl methyl sites for hydroxylation is 1. The number of benzene rings is 1. The highest BCUT2D eigenvalue weighted by molar-refractivity contribution is 5.97. The molecule has 1 fully saturated rings. The molecule has 1 amide bonds. The van der Waals surface area contributed by atoms with Gasteiger partial charge in [-0.25, -0.2) is 4.98 Å². The molecule has 3 rings (SSSR count). The van der Waals surface area contributed by atoms with Crippen molar-refractivity contribution in [3.8, 4) is 5.88 Å². The SMILES string of the molecule is CC(=O)c1ccc(C(=O)N2CCC(Oc3ccc(C)cn3)CC2)cc1. The van der Waals surface area contributed by atoms with E-state index in [2.05, 4.69) is 4.98 Å². The number of carbonyl (C=O) groups excluding carboxylic acids is 2. The van der Waals surface area contributed by atoms with Crippen LogP contribution in [0.25, 0.3) is 0 Å². The minimum atomic E-state index is 0.00155. The Morgan fingerprint density at radius 2 is 1.68 bits per heavy atom. The van der Waals surface area contributed by atoms with Gasteiger partial charge in [0.05, 0.1) is 0 Å². The van der Waals surface area contributed by atoms with E-state index in [1.807, 2.05) is 24.0 Å². The molecule has 0 saturated carbocycles. The minimum absolute atomic E-state index is 0.00155. The molecule has 130 valence electrons. The molecule has 1 aromatic carbocycles. The van der Waals surface area contributed by atoms with Crippen molar-refractivity contribution in [2.24, 2.45) is 0 Å². The summed E-state index contributed by atoms with van der Waals surface area (Å²) < 4.78 is 5.90. The zero-order chi connectivity index (χ0) is 17.8. The molecule has 1 aromatic heterocycles. The second-order valence-corrected chi connectivity index (χ2v) is 6.42. The number of hydrogen-bond donors (Lipinski definition) is 0. The number of carbonyl (C=O) groups is 2. The smallest absolute Gasteiger partial charge is 0.253 e. The Kier molecular flexibility index (Phi) is 5.12. The molecule has 0 atom stereocenters. The van der Waals surface area contributed by atoms with E-state index in [-0.39, 0.29) is 17.8 Å². The fourth-order valence-electron chi connectivity index (χ4n) is 2.90. The van der Waals surface area contributed by atoms with Crippen LogP contribution in [0.1, 0.15) is 46.0 Å². The molecule has 0 spiro atoms. The number of rotatable bonds is 4. The van der Waals surface area contributed by atoms with Gasteiger partial charge in [0.2, 0.25) is 5.88 Å². The number of amides is 1. The Labute approximate surface area is 147 Å². The van der Waals surface area contributed by atoms with Gasteiger partial charge in [-0.15, -0.1) is 0 Å². The fourth-order valence-corrected chi connectivity index (χ4v) is 2.90. The quantitative estimate of drug-likeness (QED) is 0.803. The molecule has 0 aliphatic carbocycles. The first kappa shape index (κ1) is 17.1. The summed E-state index contributed by atoms with van der Waals surface area (Å²) in [5.74, 6) is 0.638. The van der Waals surface area contributed by atoms with Gasteiger partial charge in [-0.05, 0) is 31.5 Å². The average molecular weight is 338 g/mol. The molecule has 1 aliphatic heterocycles. The Hall–Kier alpha value is -2.69. The third-order valence-electron chi connectivity index (χ3n) is 4.44. The molecule has 2 heterocycles. The van der Waals surface area contributed by atoms with Gasteiger partial charge in [-0.2, -0.15) is 0 Å². The normalized spacial score (nSPS) is 15.0. The summed E-state index contributed by atoms with van der Waals surface area (Å²) >= 11 is 0. The summed E-state index contributed by atoms with van der Waals surface area (Å²) in [4.78, 5) is 30.0. The first-order chi connectivity index (χ1) is 12.0. The molecular weight excluding hydrogens is 316 g/mol. The maximum atomic E-state index is 12.6. The number of ketones is 1. The van der Waals surface area contributed by atoms with E-state index >= 15 is 0 Å². The second-order valence-electron chi connectivity index (χ2n) is 6.42. The summed E-state index contributed by atoms with van der Waals surface area (Å²) in [6.45, 7) is 4.82. The highest BCUT2D eigenvalue weighted by Crippen LogP contribution is 2.19. The number of pyridine rings is 1. The van der Waals surface area contributed by atoms with Crippen LogP contribution in [-0.4, -0.2) is 40.8 Å². The van der Waals surface area contributed by atoms with Gasteiger partial charge in [0.15, 0.2) is 5.78 Å². The highest BCUT2D eigenvalue weighted by Gasteiger charge is 2.25. The average Bonchev–Trinajstić information content (AvgIpc) is 2.64. The summed E-state index contributed by atoms with van der Waals surface area (Å²) in [5, 5.41) is 0. The molecule has 1 aliphatic rings. The molecule has 5 nitrogen and oxygen atoms in total. The molecule has 0 unspecified atom stereocenters. The van der Waals surface area contributed by atoms with E-state index in [0.717, 1.165) is 18.4 Å². The minimum Gasteiger partial charge on any atom is -0.474 e. The molecule has 5 heteroatoms. The molecule has 2 aromatic rings. The maximum Gasteiger partial charge on any atom is 0.253 e. The Morgan fingerprint density at radius 1 is 1.04 bits per heavy atom. The topological polar surface area (TPSA) is 59.5 Å². The van der Waals surface area contributed by atoms with Crippen LogP contribution in [0.3, 0.4) is 0 Å². The Bertz CT molecular complexity index is 746. The Balaban J connectivity index is 1.55. The zero-order valence-corrected chi connectivity index (χ0v) is 14.6. The van der Waals surface area contributed by atoms with Crippen LogP contribution in [0.15, 0.2) is 42.6 Å². The number of aromatic nitrogens is 1. The van der Waals surface area contributed by atoms with Crippen molar-refractivity contribution in [1.82, 2.24) is 9.88 Å². The number of nitrogens with zero attached hydrogens (tertiary/aromatic N) is 2. The summed E-state index contributed by atoms with van der Waals surface area (Å²) in [6.07, 6.45) is 3.44. The van der Waals surface area contributed by atoms with Crippen LogP contribution in [0.2, 0.25) is 0 Å². The van der Waals surface area contributed by atoms with Crippen molar-refractivity contribution in [2.45, 2.75) is 32.8 Å². The first-order valence-corrected chi connectivity index (χ1v) is 8.52. The molecule has 0 N–H and O–H groups in total. The molecular formula is C20H22N2O3. The van der Waals surface area contributed by atoms with Crippen LogP contribution in [0.5, 0.6) is 5.88 Å². The van der Waals surface area contributed by atoms with E-state index in [1.54, 1.807) is 30.5 Å². The summed E-state index contributed by atoms with van der Waals surface area (Å²) in [6, 6.07) is 10.7. The van der Waals surface area contributed by atoms with E-state index in [1.165, 1.54) is 6.92 Å². The van der Waals surface area contributed by atoms with Crippen molar-refractivity contribution in [1.29, 1.82) is 0 Å². The molecule has 0 bridgehead atoms. The first-order valence-electron chi connectivity index (χ1n) is 8.52. The van der Waals surface area contributed by atoms with Crippen LogP contribution in [0, 0.1) is 6.92 Å². The molecule has 25 heavy (non-hydrogen) atoms. The lowest BCUT2D eigenvalue weighted by molar-refractivity contribution is 0.0587. The largest absolute Gasteiger partial charge is 0.474 e. The number of piperidine rings is 1. The van der Waals surface area contributed by atoms with Crippen LogP contribution >= 0.6 is 0 Å². The summed E-state index contributed by atoms with van der Waals surface area (Å²) in [7, 11) is 0. The molecule has 0 radical (unpaired) electrons. The lowest BCUT2D eigenvalue weighted by Gasteiger charge is -2.32.